The van der Waals surface area contributed by atoms with Crippen molar-refractivity contribution in [3.8, 4) is 5.75 Å². The van der Waals surface area contributed by atoms with E-state index in [0.29, 0.717) is 18.8 Å². The lowest BCUT2D eigenvalue weighted by atomic mass is 10.1. The molecule has 1 aliphatic heterocycles. The molecule has 0 aromatic heterocycles. The molecule has 1 amide bonds. The van der Waals surface area contributed by atoms with E-state index in [-0.39, 0.29) is 23.8 Å². The average Bonchev–Trinajstić information content (AvgIpc) is 2.67. The maximum Gasteiger partial charge on any atom is 0.307 e. The van der Waals surface area contributed by atoms with Gasteiger partial charge in [-0.1, -0.05) is 0 Å². The molecule has 150 valence electrons. The highest BCUT2D eigenvalue weighted by molar-refractivity contribution is 7.89. The zero-order valence-electron chi connectivity index (χ0n) is 15.6. The summed E-state index contributed by atoms with van der Waals surface area (Å²) in [5.74, 6) is -0.281. The second kappa shape index (κ2) is 9.70. The highest BCUT2D eigenvalue weighted by Gasteiger charge is 2.25. The summed E-state index contributed by atoms with van der Waals surface area (Å²) < 4.78 is 36.8. The van der Waals surface area contributed by atoms with E-state index in [1.807, 2.05) is 0 Å². The van der Waals surface area contributed by atoms with Crippen LogP contribution < -0.4 is 9.46 Å². The average molecular weight is 398 g/mol. The number of carbonyl (C=O) groups excluding carboxylic acids is 2. The number of amides is 1. The molecule has 9 heteroatoms. The fraction of sp³-hybridized carbons (Fsp3) is 0.556. The van der Waals surface area contributed by atoms with Gasteiger partial charge in [-0.2, -0.15) is 0 Å². The summed E-state index contributed by atoms with van der Waals surface area (Å²) >= 11 is 0. The fourth-order valence-corrected chi connectivity index (χ4v) is 3.84. The standard InChI is InChI=1S/C18H26N2O6S/c1-14(18(22)20-12-4-3-5-13-20)26-17(21)10-11-19-27(23,24)16-8-6-15(25-2)7-9-16/h6-9,14,19H,3-5,10-13H2,1-2H3/t14-/m1/s1. The predicted octanol–water partition coefficient (Wildman–Crippen LogP) is 1.31. The zero-order valence-corrected chi connectivity index (χ0v) is 16.5. The highest BCUT2D eigenvalue weighted by Crippen LogP contribution is 2.15. The molecule has 1 aromatic rings. The zero-order chi connectivity index (χ0) is 19.9. The molecule has 0 aliphatic carbocycles. The van der Waals surface area contributed by atoms with Crippen LogP contribution in [0.1, 0.15) is 32.6 Å². The normalized spacial score (nSPS) is 15.9. The molecule has 0 bridgehead atoms. The molecule has 8 nitrogen and oxygen atoms in total. The first-order chi connectivity index (χ1) is 12.8. The molecular weight excluding hydrogens is 372 g/mol. The number of rotatable bonds is 8. The van der Waals surface area contributed by atoms with Crippen molar-refractivity contribution in [2.75, 3.05) is 26.7 Å². The Labute approximate surface area is 159 Å². The number of methoxy groups -OCH3 is 1. The van der Waals surface area contributed by atoms with E-state index < -0.39 is 22.1 Å². The Morgan fingerprint density at radius 3 is 2.37 bits per heavy atom. The van der Waals surface area contributed by atoms with Gasteiger partial charge in [0.05, 0.1) is 18.4 Å². The molecule has 0 saturated carbocycles. The van der Waals surface area contributed by atoms with Crippen LogP contribution in [-0.2, 0) is 24.3 Å². The van der Waals surface area contributed by atoms with Crippen molar-refractivity contribution < 1.29 is 27.5 Å². The van der Waals surface area contributed by atoms with Crippen LogP contribution in [-0.4, -0.2) is 58.0 Å². The van der Waals surface area contributed by atoms with Crippen LogP contribution in [0.4, 0.5) is 0 Å². The molecule has 1 atom stereocenters. The summed E-state index contributed by atoms with van der Waals surface area (Å²) in [6.45, 7) is 2.79. The molecule has 0 spiro atoms. The van der Waals surface area contributed by atoms with E-state index in [4.69, 9.17) is 9.47 Å². The summed E-state index contributed by atoms with van der Waals surface area (Å²) in [4.78, 5) is 25.9. The second-order valence-corrected chi connectivity index (χ2v) is 8.11. The van der Waals surface area contributed by atoms with Gasteiger partial charge in [-0.3, -0.25) is 9.59 Å². The molecule has 2 rings (SSSR count). The van der Waals surface area contributed by atoms with Crippen LogP contribution in [0.5, 0.6) is 5.75 Å². The number of nitrogens with zero attached hydrogens (tertiary/aromatic N) is 1. The third-order valence-corrected chi connectivity index (χ3v) is 5.79. The molecule has 1 fully saturated rings. The topological polar surface area (TPSA) is 102 Å². The van der Waals surface area contributed by atoms with Crippen molar-refractivity contribution >= 4 is 21.9 Å². The van der Waals surface area contributed by atoms with E-state index in [2.05, 4.69) is 4.72 Å². The number of ether oxygens (including phenoxy) is 2. The number of esters is 1. The lowest BCUT2D eigenvalue weighted by Crippen LogP contribution is -2.42. The largest absolute Gasteiger partial charge is 0.497 e. The number of hydrogen-bond donors (Lipinski definition) is 1. The number of benzene rings is 1. The Bertz CT molecular complexity index is 742. The van der Waals surface area contributed by atoms with Gasteiger partial charge in [0.1, 0.15) is 5.75 Å². The second-order valence-electron chi connectivity index (χ2n) is 6.34. The smallest absolute Gasteiger partial charge is 0.307 e. The minimum absolute atomic E-state index is 0.0744. The van der Waals surface area contributed by atoms with Gasteiger partial charge in [0.25, 0.3) is 5.91 Å². The van der Waals surface area contributed by atoms with Gasteiger partial charge in [-0.25, -0.2) is 13.1 Å². The van der Waals surface area contributed by atoms with E-state index in [9.17, 15) is 18.0 Å². The molecule has 1 saturated heterocycles. The number of nitrogens with one attached hydrogen (secondary N) is 1. The number of hydrogen-bond acceptors (Lipinski definition) is 6. The maximum atomic E-state index is 12.2. The highest BCUT2D eigenvalue weighted by atomic mass is 32.2. The lowest BCUT2D eigenvalue weighted by Gasteiger charge is -2.28. The lowest BCUT2D eigenvalue weighted by molar-refractivity contribution is -0.159. The van der Waals surface area contributed by atoms with Crippen LogP contribution in [0.25, 0.3) is 0 Å². The molecular formula is C18H26N2O6S. The van der Waals surface area contributed by atoms with Crippen molar-refractivity contribution in [3.05, 3.63) is 24.3 Å². The van der Waals surface area contributed by atoms with Gasteiger partial charge in [-0.05, 0) is 50.5 Å². The van der Waals surface area contributed by atoms with Gasteiger partial charge >= 0.3 is 5.97 Å². The van der Waals surface area contributed by atoms with Gasteiger partial charge in [0.15, 0.2) is 6.10 Å². The van der Waals surface area contributed by atoms with Gasteiger partial charge < -0.3 is 14.4 Å². The maximum absolute atomic E-state index is 12.2. The molecule has 0 radical (unpaired) electrons. The first-order valence-corrected chi connectivity index (χ1v) is 10.4. The van der Waals surface area contributed by atoms with Gasteiger partial charge in [0, 0.05) is 19.6 Å². The monoisotopic (exact) mass is 398 g/mol. The van der Waals surface area contributed by atoms with Crippen molar-refractivity contribution in [2.24, 2.45) is 0 Å². The molecule has 1 aromatic carbocycles. The predicted molar refractivity (Wildman–Crippen MR) is 98.8 cm³/mol. The summed E-state index contributed by atoms with van der Waals surface area (Å²) in [6.07, 6.45) is 1.99. The van der Waals surface area contributed by atoms with E-state index in [0.717, 1.165) is 19.3 Å². The first-order valence-electron chi connectivity index (χ1n) is 8.95. The van der Waals surface area contributed by atoms with Crippen LogP contribution >= 0.6 is 0 Å². The Morgan fingerprint density at radius 2 is 1.78 bits per heavy atom. The number of sulfonamides is 1. The summed E-state index contributed by atoms with van der Waals surface area (Å²) in [7, 11) is -2.24. The van der Waals surface area contributed by atoms with Crippen molar-refractivity contribution in [1.82, 2.24) is 9.62 Å². The minimum Gasteiger partial charge on any atom is -0.497 e. The number of carbonyl (C=O) groups is 2. The van der Waals surface area contributed by atoms with Crippen molar-refractivity contribution in [3.63, 3.8) is 0 Å². The summed E-state index contributed by atoms with van der Waals surface area (Å²) in [5, 5.41) is 0. The molecule has 1 aliphatic rings. The van der Waals surface area contributed by atoms with Gasteiger partial charge in [-0.15, -0.1) is 0 Å². The summed E-state index contributed by atoms with van der Waals surface area (Å²) in [5.41, 5.74) is 0. The molecule has 1 N–H and O–H groups in total. The van der Waals surface area contributed by atoms with E-state index in [1.165, 1.54) is 38.3 Å². The van der Waals surface area contributed by atoms with Crippen molar-refractivity contribution in [2.45, 2.75) is 43.6 Å². The molecule has 0 unspecified atom stereocenters. The van der Waals surface area contributed by atoms with Crippen LogP contribution in [0, 0.1) is 0 Å². The molecule has 27 heavy (non-hydrogen) atoms. The SMILES string of the molecule is COc1ccc(S(=O)(=O)NCCC(=O)O[C@H](C)C(=O)N2CCCCC2)cc1. The van der Waals surface area contributed by atoms with E-state index in [1.54, 1.807) is 4.90 Å². The van der Waals surface area contributed by atoms with Crippen LogP contribution in [0.2, 0.25) is 0 Å². The van der Waals surface area contributed by atoms with Crippen LogP contribution in [0.3, 0.4) is 0 Å². The van der Waals surface area contributed by atoms with E-state index >= 15 is 0 Å². The Kier molecular flexibility index (Phi) is 7.61. The Hall–Kier alpha value is -2.13. The third-order valence-electron chi connectivity index (χ3n) is 4.31. The summed E-state index contributed by atoms with van der Waals surface area (Å²) in [6, 6.07) is 5.91. The van der Waals surface area contributed by atoms with Crippen molar-refractivity contribution in [1.29, 1.82) is 0 Å². The Morgan fingerprint density at radius 1 is 1.15 bits per heavy atom. The third kappa shape index (κ3) is 6.21. The van der Waals surface area contributed by atoms with Gasteiger partial charge in [0.2, 0.25) is 10.0 Å². The number of likely N-dealkylation sites (tertiary alicyclic amines) is 1. The quantitative estimate of drug-likeness (QED) is 0.663. The number of piperidine rings is 1. The fourth-order valence-electron chi connectivity index (χ4n) is 2.80. The molecule has 1 heterocycles. The minimum atomic E-state index is -3.73. The Balaban J connectivity index is 1.78. The van der Waals surface area contributed by atoms with Crippen LogP contribution in [0.15, 0.2) is 29.2 Å². The first kappa shape index (κ1) is 21.2.